The van der Waals surface area contributed by atoms with E-state index < -0.39 is 0 Å². The van der Waals surface area contributed by atoms with Crippen molar-refractivity contribution in [1.29, 1.82) is 0 Å². The minimum atomic E-state index is 0.655. The van der Waals surface area contributed by atoms with Crippen LogP contribution in [0.5, 0.6) is 0 Å². The lowest BCUT2D eigenvalue weighted by atomic mass is 9.97. The molecule has 0 radical (unpaired) electrons. The van der Waals surface area contributed by atoms with Crippen LogP contribution >= 0.6 is 0 Å². The fraction of sp³-hybridized carbons (Fsp3) is 0.400. The topological polar surface area (TPSA) is 67.9 Å². The Balaban J connectivity index is 1.71. The third kappa shape index (κ3) is 2.77. The number of anilines is 1. The van der Waals surface area contributed by atoms with Gasteiger partial charge in [-0.1, -0.05) is 0 Å². The van der Waals surface area contributed by atoms with Crippen molar-refractivity contribution in [3.8, 4) is 11.1 Å². The number of rotatable bonds is 3. The first kappa shape index (κ1) is 13.0. The third-order valence-corrected chi connectivity index (χ3v) is 3.88. The fourth-order valence-corrected chi connectivity index (χ4v) is 2.55. The summed E-state index contributed by atoms with van der Waals surface area (Å²) in [5.41, 5.74) is 7.83. The molecule has 0 atom stereocenters. The van der Waals surface area contributed by atoms with Gasteiger partial charge in [-0.25, -0.2) is 9.97 Å². The highest BCUT2D eigenvalue weighted by Gasteiger charge is 2.19. The summed E-state index contributed by atoms with van der Waals surface area (Å²) in [4.78, 5) is 15.2. The van der Waals surface area contributed by atoms with Gasteiger partial charge in [0.15, 0.2) is 0 Å². The van der Waals surface area contributed by atoms with E-state index in [9.17, 15) is 0 Å². The van der Waals surface area contributed by atoms with E-state index in [1.54, 1.807) is 12.4 Å². The van der Waals surface area contributed by atoms with E-state index in [1.165, 1.54) is 0 Å². The Bertz CT molecular complexity index is 532. The van der Waals surface area contributed by atoms with Crippen LogP contribution in [0.1, 0.15) is 12.8 Å². The third-order valence-electron chi connectivity index (χ3n) is 3.88. The average molecular weight is 269 g/mol. The molecule has 3 heterocycles. The maximum absolute atomic E-state index is 5.72. The van der Waals surface area contributed by atoms with Gasteiger partial charge >= 0.3 is 0 Å². The molecule has 0 aromatic carbocycles. The van der Waals surface area contributed by atoms with Crippen LogP contribution in [-0.4, -0.2) is 34.6 Å². The summed E-state index contributed by atoms with van der Waals surface area (Å²) >= 11 is 0. The quantitative estimate of drug-likeness (QED) is 0.918. The number of hydrogen-bond donors (Lipinski definition) is 1. The van der Waals surface area contributed by atoms with E-state index in [-0.39, 0.29) is 0 Å². The van der Waals surface area contributed by atoms with Gasteiger partial charge in [-0.2, -0.15) is 0 Å². The van der Waals surface area contributed by atoms with E-state index in [0.29, 0.717) is 5.92 Å². The molecule has 0 aliphatic carbocycles. The summed E-state index contributed by atoms with van der Waals surface area (Å²) in [6.45, 7) is 2.78. The molecule has 0 saturated carbocycles. The van der Waals surface area contributed by atoms with Crippen LogP contribution in [0.2, 0.25) is 0 Å². The molecule has 0 bridgehead atoms. The molecular formula is C15H19N5. The molecule has 5 nitrogen and oxygen atoms in total. The monoisotopic (exact) mass is 269 g/mol. The minimum absolute atomic E-state index is 0.655. The number of pyridine rings is 1. The predicted octanol–water partition coefficient (Wildman–Crippen LogP) is 1.71. The molecule has 1 saturated heterocycles. The number of nitrogens with zero attached hydrogens (tertiary/aromatic N) is 4. The standard InChI is InChI=1S/C15H19N5/c16-9-12-3-7-20(8-4-12)15-18-10-14(11-19-15)13-1-5-17-6-2-13/h1-2,5-6,10-12H,3-4,7-9,16H2. The van der Waals surface area contributed by atoms with E-state index in [2.05, 4.69) is 19.9 Å². The van der Waals surface area contributed by atoms with Crippen LogP contribution < -0.4 is 10.6 Å². The molecule has 2 aromatic rings. The molecule has 0 amide bonds. The largest absolute Gasteiger partial charge is 0.341 e. The Morgan fingerprint density at radius 3 is 2.30 bits per heavy atom. The van der Waals surface area contributed by atoms with Crippen LogP contribution in [0.15, 0.2) is 36.9 Å². The first-order chi connectivity index (χ1) is 9.86. The molecular weight excluding hydrogens is 250 g/mol. The summed E-state index contributed by atoms with van der Waals surface area (Å²) < 4.78 is 0. The van der Waals surface area contributed by atoms with Crippen molar-refractivity contribution in [2.24, 2.45) is 11.7 Å². The maximum Gasteiger partial charge on any atom is 0.225 e. The van der Waals surface area contributed by atoms with E-state index in [1.807, 2.05) is 24.5 Å². The first-order valence-corrected chi connectivity index (χ1v) is 7.04. The van der Waals surface area contributed by atoms with Crippen molar-refractivity contribution < 1.29 is 0 Å². The lowest BCUT2D eigenvalue weighted by molar-refractivity contribution is 0.411. The SMILES string of the molecule is NCC1CCN(c2ncc(-c3ccncc3)cn2)CC1. The normalized spacial score (nSPS) is 16.4. The smallest absolute Gasteiger partial charge is 0.225 e. The second-order valence-corrected chi connectivity index (χ2v) is 5.17. The van der Waals surface area contributed by atoms with Gasteiger partial charge in [-0.05, 0) is 43.0 Å². The summed E-state index contributed by atoms with van der Waals surface area (Å²) in [7, 11) is 0. The van der Waals surface area contributed by atoms with Gasteiger partial charge in [0.1, 0.15) is 0 Å². The Kier molecular flexibility index (Phi) is 3.87. The fourth-order valence-electron chi connectivity index (χ4n) is 2.55. The number of hydrogen-bond acceptors (Lipinski definition) is 5. The van der Waals surface area contributed by atoms with Gasteiger partial charge in [0.25, 0.3) is 0 Å². The molecule has 0 spiro atoms. The van der Waals surface area contributed by atoms with E-state index in [4.69, 9.17) is 5.73 Å². The summed E-state index contributed by atoms with van der Waals surface area (Å²) in [5, 5.41) is 0. The second kappa shape index (κ2) is 5.96. The molecule has 1 fully saturated rings. The Morgan fingerprint density at radius 1 is 1.05 bits per heavy atom. The Hall–Kier alpha value is -2.01. The zero-order chi connectivity index (χ0) is 13.8. The number of nitrogens with two attached hydrogens (primary N) is 1. The number of piperidine rings is 1. The van der Waals surface area contributed by atoms with Crippen LogP contribution in [0.4, 0.5) is 5.95 Å². The van der Waals surface area contributed by atoms with Crippen LogP contribution in [0.25, 0.3) is 11.1 Å². The Morgan fingerprint density at radius 2 is 1.70 bits per heavy atom. The average Bonchev–Trinajstić information content (AvgIpc) is 2.56. The highest BCUT2D eigenvalue weighted by Crippen LogP contribution is 2.21. The van der Waals surface area contributed by atoms with Crippen molar-refractivity contribution in [2.45, 2.75) is 12.8 Å². The minimum Gasteiger partial charge on any atom is -0.341 e. The lowest BCUT2D eigenvalue weighted by Gasteiger charge is -2.31. The Labute approximate surface area is 118 Å². The van der Waals surface area contributed by atoms with Gasteiger partial charge in [0.2, 0.25) is 5.95 Å². The zero-order valence-corrected chi connectivity index (χ0v) is 11.4. The molecule has 1 aliphatic rings. The molecule has 2 N–H and O–H groups in total. The number of aromatic nitrogens is 3. The van der Waals surface area contributed by atoms with Crippen LogP contribution in [-0.2, 0) is 0 Å². The molecule has 2 aromatic heterocycles. The zero-order valence-electron chi connectivity index (χ0n) is 11.4. The van der Waals surface area contributed by atoms with Gasteiger partial charge < -0.3 is 10.6 Å². The van der Waals surface area contributed by atoms with Crippen molar-refractivity contribution in [1.82, 2.24) is 15.0 Å². The lowest BCUT2D eigenvalue weighted by Crippen LogP contribution is -2.37. The summed E-state index contributed by atoms with van der Waals surface area (Å²) in [6.07, 6.45) is 9.58. The van der Waals surface area contributed by atoms with E-state index in [0.717, 1.165) is 49.6 Å². The highest BCUT2D eigenvalue weighted by molar-refractivity contribution is 5.61. The first-order valence-electron chi connectivity index (χ1n) is 7.04. The van der Waals surface area contributed by atoms with Gasteiger partial charge in [-0.3, -0.25) is 4.98 Å². The molecule has 3 rings (SSSR count). The molecule has 1 aliphatic heterocycles. The maximum atomic E-state index is 5.72. The van der Waals surface area contributed by atoms with Crippen molar-refractivity contribution in [3.63, 3.8) is 0 Å². The van der Waals surface area contributed by atoms with Gasteiger partial charge in [0, 0.05) is 43.4 Å². The van der Waals surface area contributed by atoms with E-state index >= 15 is 0 Å². The van der Waals surface area contributed by atoms with Gasteiger partial charge in [0.05, 0.1) is 0 Å². The summed E-state index contributed by atoms with van der Waals surface area (Å²) in [6, 6.07) is 3.93. The van der Waals surface area contributed by atoms with Crippen molar-refractivity contribution in [2.75, 3.05) is 24.5 Å². The van der Waals surface area contributed by atoms with Gasteiger partial charge in [-0.15, -0.1) is 0 Å². The highest BCUT2D eigenvalue weighted by atomic mass is 15.2. The van der Waals surface area contributed by atoms with Crippen LogP contribution in [0.3, 0.4) is 0 Å². The molecule has 20 heavy (non-hydrogen) atoms. The predicted molar refractivity (Wildman–Crippen MR) is 79.3 cm³/mol. The molecule has 104 valence electrons. The summed E-state index contributed by atoms with van der Waals surface area (Å²) in [5.74, 6) is 1.47. The second-order valence-electron chi connectivity index (χ2n) is 5.17. The van der Waals surface area contributed by atoms with Crippen LogP contribution in [0, 0.1) is 5.92 Å². The molecule has 5 heteroatoms. The van der Waals surface area contributed by atoms with Crippen molar-refractivity contribution in [3.05, 3.63) is 36.9 Å². The molecule has 0 unspecified atom stereocenters. The van der Waals surface area contributed by atoms with Crippen molar-refractivity contribution >= 4 is 5.95 Å².